The van der Waals surface area contributed by atoms with Crippen molar-refractivity contribution in [2.75, 3.05) is 0 Å². The molecule has 106 valence electrons. The molecule has 0 saturated carbocycles. The standard InChI is InChI=1S/C16H20N2O2/c1-10-11(2)20-15(17-10)9-18-6-5-12-13(18)7-16(3,4)8-14(12)19/h5-6H,7-9H2,1-4H3. The van der Waals surface area contributed by atoms with Gasteiger partial charge in [0.1, 0.15) is 5.76 Å². The van der Waals surface area contributed by atoms with Crippen molar-refractivity contribution in [3.63, 3.8) is 0 Å². The molecule has 0 aromatic carbocycles. The normalized spacial score (nSPS) is 17.3. The molecule has 0 spiro atoms. The molecule has 0 atom stereocenters. The Balaban J connectivity index is 1.95. The third-order valence-electron chi connectivity index (χ3n) is 4.04. The lowest BCUT2D eigenvalue weighted by Gasteiger charge is -2.29. The number of fused-ring (bicyclic) bond motifs is 1. The summed E-state index contributed by atoms with van der Waals surface area (Å²) in [6.45, 7) is 8.74. The van der Waals surface area contributed by atoms with Gasteiger partial charge in [0.25, 0.3) is 0 Å². The van der Waals surface area contributed by atoms with Crippen LogP contribution in [0.25, 0.3) is 0 Å². The van der Waals surface area contributed by atoms with E-state index in [0.29, 0.717) is 18.9 Å². The van der Waals surface area contributed by atoms with E-state index in [-0.39, 0.29) is 11.2 Å². The molecule has 0 N–H and O–H groups in total. The molecule has 1 aliphatic carbocycles. The van der Waals surface area contributed by atoms with E-state index in [1.807, 2.05) is 26.1 Å². The highest BCUT2D eigenvalue weighted by Crippen LogP contribution is 2.35. The number of carbonyl (C=O) groups excluding carboxylic acids is 1. The zero-order valence-electron chi connectivity index (χ0n) is 12.5. The van der Waals surface area contributed by atoms with Gasteiger partial charge in [0.15, 0.2) is 5.78 Å². The first-order chi connectivity index (χ1) is 9.35. The minimum absolute atomic E-state index is 0.0304. The average Bonchev–Trinajstić information content (AvgIpc) is 2.84. The second-order valence-corrected chi connectivity index (χ2v) is 6.49. The first kappa shape index (κ1) is 13.2. The average molecular weight is 272 g/mol. The second-order valence-electron chi connectivity index (χ2n) is 6.49. The predicted molar refractivity (Wildman–Crippen MR) is 75.9 cm³/mol. The zero-order valence-corrected chi connectivity index (χ0v) is 12.5. The van der Waals surface area contributed by atoms with Gasteiger partial charge in [-0.2, -0.15) is 0 Å². The lowest BCUT2D eigenvalue weighted by molar-refractivity contribution is 0.0910. The number of aryl methyl sites for hydroxylation is 2. The van der Waals surface area contributed by atoms with E-state index in [1.54, 1.807) is 0 Å². The zero-order chi connectivity index (χ0) is 14.5. The number of hydrogen-bond donors (Lipinski definition) is 0. The molecular weight excluding hydrogens is 252 g/mol. The van der Waals surface area contributed by atoms with Crippen LogP contribution in [0.2, 0.25) is 0 Å². The van der Waals surface area contributed by atoms with Crippen molar-refractivity contribution < 1.29 is 9.21 Å². The molecule has 0 unspecified atom stereocenters. The van der Waals surface area contributed by atoms with E-state index < -0.39 is 0 Å². The monoisotopic (exact) mass is 272 g/mol. The fourth-order valence-corrected chi connectivity index (χ4v) is 2.90. The van der Waals surface area contributed by atoms with Gasteiger partial charge in [-0.05, 0) is 31.7 Å². The highest BCUT2D eigenvalue weighted by Gasteiger charge is 2.33. The number of nitrogens with zero attached hydrogens (tertiary/aromatic N) is 2. The van der Waals surface area contributed by atoms with Crippen LogP contribution in [0.15, 0.2) is 16.7 Å². The Morgan fingerprint density at radius 1 is 1.35 bits per heavy atom. The molecule has 0 radical (unpaired) electrons. The molecule has 4 heteroatoms. The van der Waals surface area contributed by atoms with Crippen molar-refractivity contribution >= 4 is 5.78 Å². The van der Waals surface area contributed by atoms with Crippen LogP contribution in [0.1, 0.15) is 53.7 Å². The summed E-state index contributed by atoms with van der Waals surface area (Å²) in [7, 11) is 0. The van der Waals surface area contributed by atoms with Gasteiger partial charge in [0.2, 0.25) is 5.89 Å². The molecular formula is C16H20N2O2. The van der Waals surface area contributed by atoms with Gasteiger partial charge in [-0.1, -0.05) is 13.8 Å². The number of hydrogen-bond acceptors (Lipinski definition) is 3. The Kier molecular flexibility index (Phi) is 2.85. The van der Waals surface area contributed by atoms with Crippen molar-refractivity contribution in [2.45, 2.75) is 47.1 Å². The van der Waals surface area contributed by atoms with Crippen LogP contribution in [-0.4, -0.2) is 15.3 Å². The SMILES string of the molecule is Cc1nc(Cn2ccc3c2CC(C)(C)CC3=O)oc1C. The van der Waals surface area contributed by atoms with Crippen molar-refractivity contribution in [1.82, 2.24) is 9.55 Å². The van der Waals surface area contributed by atoms with Gasteiger partial charge < -0.3 is 8.98 Å². The van der Waals surface area contributed by atoms with Crippen LogP contribution in [0.4, 0.5) is 0 Å². The Bertz CT molecular complexity index is 657. The lowest BCUT2D eigenvalue weighted by atomic mass is 9.76. The fraction of sp³-hybridized carbons (Fsp3) is 0.500. The van der Waals surface area contributed by atoms with Gasteiger partial charge in [0.05, 0.1) is 12.2 Å². The summed E-state index contributed by atoms with van der Waals surface area (Å²) >= 11 is 0. The number of Topliss-reactive ketones (excluding diaryl/α,β-unsaturated/α-hetero) is 1. The Morgan fingerprint density at radius 3 is 2.75 bits per heavy atom. The quantitative estimate of drug-likeness (QED) is 0.842. The molecule has 3 rings (SSSR count). The molecule has 4 nitrogen and oxygen atoms in total. The van der Waals surface area contributed by atoms with E-state index in [9.17, 15) is 4.79 Å². The number of oxazole rings is 1. The minimum atomic E-state index is 0.0304. The van der Waals surface area contributed by atoms with Crippen molar-refractivity contribution in [3.8, 4) is 0 Å². The van der Waals surface area contributed by atoms with Gasteiger partial charge in [-0.25, -0.2) is 4.98 Å². The van der Waals surface area contributed by atoms with E-state index in [0.717, 1.165) is 29.1 Å². The molecule has 0 aliphatic heterocycles. The van der Waals surface area contributed by atoms with Crippen LogP contribution in [-0.2, 0) is 13.0 Å². The minimum Gasteiger partial charge on any atom is -0.444 e. The molecule has 1 aliphatic rings. The Morgan fingerprint density at radius 2 is 2.10 bits per heavy atom. The first-order valence-corrected chi connectivity index (χ1v) is 7.00. The topological polar surface area (TPSA) is 48.0 Å². The van der Waals surface area contributed by atoms with Crippen molar-refractivity contribution in [3.05, 3.63) is 40.9 Å². The molecule has 2 aromatic rings. The maximum Gasteiger partial charge on any atom is 0.214 e. The van der Waals surface area contributed by atoms with Gasteiger partial charge >= 0.3 is 0 Å². The maximum atomic E-state index is 12.2. The number of rotatable bonds is 2. The smallest absolute Gasteiger partial charge is 0.214 e. The van der Waals surface area contributed by atoms with Crippen LogP contribution in [0.3, 0.4) is 0 Å². The van der Waals surface area contributed by atoms with Crippen molar-refractivity contribution in [2.24, 2.45) is 5.41 Å². The molecule has 0 fully saturated rings. The van der Waals surface area contributed by atoms with Crippen molar-refractivity contribution in [1.29, 1.82) is 0 Å². The van der Waals surface area contributed by atoms with E-state index in [1.165, 1.54) is 0 Å². The maximum absolute atomic E-state index is 12.2. The molecule has 0 amide bonds. The van der Waals surface area contributed by atoms with Crippen LogP contribution in [0, 0.1) is 19.3 Å². The summed E-state index contributed by atoms with van der Waals surface area (Å²) in [6.07, 6.45) is 3.51. The largest absolute Gasteiger partial charge is 0.444 e. The lowest BCUT2D eigenvalue weighted by Crippen LogP contribution is -2.28. The van der Waals surface area contributed by atoms with Gasteiger partial charge in [-0.3, -0.25) is 4.79 Å². The molecule has 2 heterocycles. The second kappa shape index (κ2) is 4.33. The first-order valence-electron chi connectivity index (χ1n) is 7.00. The molecule has 20 heavy (non-hydrogen) atoms. The number of ketones is 1. The summed E-state index contributed by atoms with van der Waals surface area (Å²) in [5, 5.41) is 0. The predicted octanol–water partition coefficient (Wildman–Crippen LogP) is 3.30. The summed E-state index contributed by atoms with van der Waals surface area (Å²) in [5.74, 6) is 1.81. The van der Waals surface area contributed by atoms with Crippen LogP contribution >= 0.6 is 0 Å². The number of aromatic nitrogens is 2. The van der Waals surface area contributed by atoms with E-state index >= 15 is 0 Å². The van der Waals surface area contributed by atoms with Crippen LogP contribution in [0.5, 0.6) is 0 Å². The van der Waals surface area contributed by atoms with Crippen LogP contribution < -0.4 is 0 Å². The van der Waals surface area contributed by atoms with E-state index in [2.05, 4.69) is 23.4 Å². The summed E-state index contributed by atoms with van der Waals surface area (Å²) in [5.41, 5.74) is 2.93. The summed E-state index contributed by atoms with van der Waals surface area (Å²) in [4.78, 5) is 16.6. The Hall–Kier alpha value is -1.84. The molecule has 2 aromatic heterocycles. The highest BCUT2D eigenvalue weighted by atomic mass is 16.4. The third-order valence-corrected chi connectivity index (χ3v) is 4.04. The summed E-state index contributed by atoms with van der Waals surface area (Å²) in [6, 6.07) is 1.93. The number of carbonyl (C=O) groups is 1. The Labute approximate surface area is 118 Å². The van der Waals surface area contributed by atoms with Gasteiger partial charge in [0, 0.05) is 23.9 Å². The third kappa shape index (κ3) is 2.19. The molecule has 0 bridgehead atoms. The fourth-order valence-electron chi connectivity index (χ4n) is 2.90. The highest BCUT2D eigenvalue weighted by molar-refractivity contribution is 5.98. The van der Waals surface area contributed by atoms with Gasteiger partial charge in [-0.15, -0.1) is 0 Å². The summed E-state index contributed by atoms with van der Waals surface area (Å²) < 4.78 is 7.74. The van der Waals surface area contributed by atoms with E-state index in [4.69, 9.17) is 4.42 Å². The molecule has 0 saturated heterocycles.